The van der Waals surface area contributed by atoms with Gasteiger partial charge in [-0.3, -0.25) is 0 Å². The van der Waals surface area contributed by atoms with Gasteiger partial charge in [0.25, 0.3) is 0 Å². The lowest BCUT2D eigenvalue weighted by atomic mass is 10.1. The third-order valence-corrected chi connectivity index (χ3v) is 3.99. The van der Waals surface area contributed by atoms with Crippen LogP contribution in [0.2, 0.25) is 0 Å². The number of hydrogen-bond donors (Lipinski definition) is 0. The highest BCUT2D eigenvalue weighted by atomic mass is 127. The first kappa shape index (κ1) is 24.5. The molecule has 160 valence electrons. The highest BCUT2D eigenvalue weighted by molar-refractivity contribution is 14.1. The number of nitrogens with zero attached hydrogens (tertiary/aromatic N) is 2. The highest BCUT2D eigenvalue weighted by Crippen LogP contribution is 2.25. The lowest BCUT2D eigenvalue weighted by Crippen LogP contribution is -2.61. The summed E-state index contributed by atoms with van der Waals surface area (Å²) in [5, 5.41) is 2.18. The van der Waals surface area contributed by atoms with Gasteiger partial charge in [0.2, 0.25) is 0 Å². The molecule has 0 bridgehead atoms. The number of rotatable bonds is 4. The van der Waals surface area contributed by atoms with Gasteiger partial charge < -0.3 is 14.2 Å². The summed E-state index contributed by atoms with van der Waals surface area (Å²) >= 11 is 2.08. The summed E-state index contributed by atoms with van der Waals surface area (Å²) in [6.07, 6.45) is 1.86. The van der Waals surface area contributed by atoms with Gasteiger partial charge in [-0.2, -0.15) is 5.01 Å². The fourth-order valence-electron chi connectivity index (χ4n) is 2.47. The number of esters is 1. The predicted octanol–water partition coefficient (Wildman–Crippen LogP) is 4.42. The van der Waals surface area contributed by atoms with Gasteiger partial charge in [0, 0.05) is 13.0 Å². The molecule has 0 aromatic rings. The van der Waals surface area contributed by atoms with Crippen molar-refractivity contribution in [3.63, 3.8) is 0 Å². The Kier molecular flexibility index (Phi) is 9.03. The number of halogens is 1. The van der Waals surface area contributed by atoms with Gasteiger partial charge in [-0.25, -0.2) is 19.4 Å². The monoisotopic (exact) mass is 510 g/mol. The minimum Gasteiger partial charge on any atom is -0.464 e. The lowest BCUT2D eigenvalue weighted by molar-refractivity contribution is -0.161. The van der Waals surface area contributed by atoms with Crippen molar-refractivity contribution >= 4 is 40.7 Å². The molecule has 1 aliphatic heterocycles. The van der Waals surface area contributed by atoms with E-state index in [0.29, 0.717) is 19.3 Å². The predicted molar refractivity (Wildman–Crippen MR) is 113 cm³/mol. The molecule has 0 saturated carbocycles. The maximum atomic E-state index is 12.8. The Morgan fingerprint density at radius 3 is 2.14 bits per heavy atom. The van der Waals surface area contributed by atoms with Gasteiger partial charge in [-0.15, -0.1) is 0 Å². The molecule has 1 fully saturated rings. The summed E-state index contributed by atoms with van der Waals surface area (Å²) in [5.41, 5.74) is -1.52. The first-order chi connectivity index (χ1) is 12.9. The Morgan fingerprint density at radius 1 is 1.04 bits per heavy atom. The molecule has 8 nitrogen and oxygen atoms in total. The van der Waals surface area contributed by atoms with Crippen molar-refractivity contribution in [1.29, 1.82) is 0 Å². The van der Waals surface area contributed by atoms with Gasteiger partial charge in [0.05, 0.1) is 6.61 Å². The van der Waals surface area contributed by atoms with Crippen molar-refractivity contribution in [3.8, 4) is 0 Å². The van der Waals surface area contributed by atoms with Crippen molar-refractivity contribution in [2.45, 2.75) is 78.0 Å². The van der Waals surface area contributed by atoms with Crippen LogP contribution in [-0.2, 0) is 19.0 Å². The van der Waals surface area contributed by atoms with Crippen LogP contribution in [0, 0.1) is 0 Å². The standard InChI is InChI=1S/C19H31IN2O6/c1-18(2,3)27-16(24)21-12-9-10-14(15(23)26-13-8-7-11-20)22(21)17(25)28-19(4,5)6/h7,11,14H,8-10,12-13H2,1-6H3/b11-7+/t14-/m0/s1. The van der Waals surface area contributed by atoms with Gasteiger partial charge in [-0.1, -0.05) is 28.7 Å². The van der Waals surface area contributed by atoms with Crippen LogP contribution in [-0.4, -0.2) is 58.6 Å². The number of carbonyl (C=O) groups is 3. The maximum absolute atomic E-state index is 12.8. The van der Waals surface area contributed by atoms with E-state index >= 15 is 0 Å². The zero-order valence-electron chi connectivity index (χ0n) is 17.5. The molecule has 2 amide bonds. The molecule has 0 N–H and O–H groups in total. The molecule has 1 heterocycles. The molecule has 0 unspecified atom stereocenters. The largest absolute Gasteiger partial charge is 0.464 e. The third-order valence-electron chi connectivity index (χ3n) is 3.48. The Bertz CT molecular complexity index is 594. The molecular formula is C19H31IN2O6. The minimum atomic E-state index is -0.945. The van der Waals surface area contributed by atoms with Crippen molar-refractivity contribution in [3.05, 3.63) is 10.2 Å². The fraction of sp³-hybridized carbons (Fsp3) is 0.737. The second kappa shape index (κ2) is 10.3. The summed E-state index contributed by atoms with van der Waals surface area (Å²) in [6, 6.07) is -0.945. The van der Waals surface area contributed by atoms with E-state index in [4.69, 9.17) is 14.2 Å². The second-order valence-electron chi connectivity index (χ2n) is 8.40. The number of amides is 2. The third kappa shape index (κ3) is 8.24. The van der Waals surface area contributed by atoms with Crippen LogP contribution >= 0.6 is 22.6 Å². The zero-order chi connectivity index (χ0) is 21.5. The molecule has 1 atom stereocenters. The van der Waals surface area contributed by atoms with Gasteiger partial charge in [0.15, 0.2) is 6.04 Å². The quantitative estimate of drug-likeness (QED) is 0.241. The van der Waals surface area contributed by atoms with Crippen LogP contribution < -0.4 is 0 Å². The smallest absolute Gasteiger partial charge is 0.430 e. The number of carbonyl (C=O) groups excluding carboxylic acids is 3. The van der Waals surface area contributed by atoms with Gasteiger partial charge in [-0.05, 0) is 58.5 Å². The van der Waals surface area contributed by atoms with Gasteiger partial charge in [0.1, 0.15) is 11.2 Å². The average molecular weight is 510 g/mol. The first-order valence-electron chi connectivity index (χ1n) is 9.30. The van der Waals surface area contributed by atoms with E-state index in [1.165, 1.54) is 0 Å². The van der Waals surface area contributed by atoms with Crippen molar-refractivity contribution in [1.82, 2.24) is 10.0 Å². The minimum absolute atomic E-state index is 0.198. The van der Waals surface area contributed by atoms with Crippen LogP contribution in [0.5, 0.6) is 0 Å². The zero-order valence-corrected chi connectivity index (χ0v) is 19.6. The summed E-state index contributed by atoms with van der Waals surface area (Å²) in [7, 11) is 0. The van der Waals surface area contributed by atoms with Crippen LogP contribution in [0.4, 0.5) is 9.59 Å². The highest BCUT2D eigenvalue weighted by Gasteiger charge is 2.44. The molecule has 0 aromatic carbocycles. The molecule has 0 aromatic heterocycles. The molecule has 0 aliphatic carbocycles. The van der Waals surface area contributed by atoms with E-state index in [2.05, 4.69) is 22.6 Å². The summed E-state index contributed by atoms with van der Waals surface area (Å²) in [6.45, 7) is 10.8. The summed E-state index contributed by atoms with van der Waals surface area (Å²) < 4.78 is 18.0. The van der Waals surface area contributed by atoms with Crippen molar-refractivity contribution in [2.75, 3.05) is 13.2 Å². The number of hydrazine groups is 1. The Morgan fingerprint density at radius 2 is 1.61 bits per heavy atom. The van der Waals surface area contributed by atoms with E-state index in [9.17, 15) is 14.4 Å². The van der Waals surface area contributed by atoms with E-state index < -0.39 is 35.4 Å². The SMILES string of the molecule is CC(C)(C)OC(=O)N1CCC[C@@H](C(=O)OCC/C=C/I)N1C(=O)OC(C)(C)C. The number of hydrogen-bond acceptors (Lipinski definition) is 6. The van der Waals surface area contributed by atoms with Crippen molar-refractivity contribution in [2.24, 2.45) is 0 Å². The molecule has 28 heavy (non-hydrogen) atoms. The van der Waals surface area contributed by atoms with E-state index in [1.54, 1.807) is 41.5 Å². The van der Waals surface area contributed by atoms with Crippen LogP contribution in [0.15, 0.2) is 10.2 Å². The van der Waals surface area contributed by atoms with Crippen LogP contribution in [0.25, 0.3) is 0 Å². The fourth-order valence-corrected chi connectivity index (χ4v) is 2.83. The van der Waals surface area contributed by atoms with Crippen LogP contribution in [0.1, 0.15) is 60.8 Å². The second-order valence-corrected chi connectivity index (χ2v) is 9.12. The number of ether oxygens (including phenoxy) is 3. The Balaban J connectivity index is 3.05. The van der Waals surface area contributed by atoms with E-state index in [1.807, 2.05) is 10.2 Å². The normalized spacial score (nSPS) is 18.2. The molecule has 1 aliphatic rings. The van der Waals surface area contributed by atoms with Crippen LogP contribution in [0.3, 0.4) is 0 Å². The maximum Gasteiger partial charge on any atom is 0.430 e. The van der Waals surface area contributed by atoms with E-state index in [0.717, 1.165) is 10.0 Å². The average Bonchev–Trinajstić information content (AvgIpc) is 2.54. The van der Waals surface area contributed by atoms with Gasteiger partial charge >= 0.3 is 18.2 Å². The molecule has 0 radical (unpaired) electrons. The Hall–Kier alpha value is -1.52. The molecule has 0 spiro atoms. The topological polar surface area (TPSA) is 85.4 Å². The lowest BCUT2D eigenvalue weighted by Gasteiger charge is -2.42. The molecule has 9 heteroatoms. The molecule has 1 rings (SSSR count). The summed E-state index contributed by atoms with van der Waals surface area (Å²) in [4.78, 5) is 38.1. The van der Waals surface area contributed by atoms with E-state index in [-0.39, 0.29) is 13.2 Å². The molecular weight excluding hydrogens is 479 g/mol. The first-order valence-corrected chi connectivity index (χ1v) is 10.5. The molecule has 1 saturated heterocycles. The Labute approximate surface area is 180 Å². The summed E-state index contributed by atoms with van der Waals surface area (Å²) in [5.74, 6) is -0.569. The van der Waals surface area contributed by atoms with Crippen molar-refractivity contribution < 1.29 is 28.6 Å².